The first-order valence-corrected chi connectivity index (χ1v) is 10.6. The van der Waals surface area contributed by atoms with E-state index in [0.717, 1.165) is 39.1 Å². The fourth-order valence-corrected chi connectivity index (χ4v) is 4.32. The molecule has 0 spiro atoms. The molecule has 9 heteroatoms. The minimum Gasteiger partial charge on any atom is -0.378 e. The van der Waals surface area contributed by atoms with E-state index in [-0.39, 0.29) is 11.5 Å². The first-order chi connectivity index (χ1) is 14.5. The highest BCUT2D eigenvalue weighted by Gasteiger charge is 2.31. The number of anilines is 3. The van der Waals surface area contributed by atoms with E-state index in [1.807, 2.05) is 23.1 Å². The minimum atomic E-state index is -0.455. The van der Waals surface area contributed by atoms with Crippen LogP contribution in [0.5, 0.6) is 0 Å². The second-order valence-corrected chi connectivity index (χ2v) is 8.28. The lowest BCUT2D eigenvalue weighted by atomic mass is 10.0. The number of hydrogen-bond acceptors (Lipinski definition) is 8. The predicted molar refractivity (Wildman–Crippen MR) is 118 cm³/mol. The van der Waals surface area contributed by atoms with Crippen LogP contribution in [-0.2, 0) is 6.54 Å². The van der Waals surface area contributed by atoms with Gasteiger partial charge >= 0.3 is 5.69 Å². The van der Waals surface area contributed by atoms with Crippen molar-refractivity contribution in [3.05, 3.63) is 46.0 Å². The monoisotopic (exact) mass is 411 g/mol. The Morgan fingerprint density at radius 1 is 1.10 bits per heavy atom. The van der Waals surface area contributed by atoms with Gasteiger partial charge in [0.05, 0.1) is 4.92 Å². The van der Waals surface area contributed by atoms with Crippen molar-refractivity contribution >= 4 is 23.3 Å². The number of nitro groups is 1. The van der Waals surface area contributed by atoms with Crippen LogP contribution in [0.3, 0.4) is 0 Å². The molecule has 2 aliphatic rings. The van der Waals surface area contributed by atoms with E-state index in [1.54, 1.807) is 0 Å². The third-order valence-corrected chi connectivity index (χ3v) is 5.92. The van der Waals surface area contributed by atoms with Gasteiger partial charge in [0.15, 0.2) is 0 Å². The Bertz CT molecular complexity index is 884. The molecule has 1 aromatic carbocycles. The number of nitrogens with zero attached hydrogens (tertiary/aromatic N) is 6. The molecule has 2 N–H and O–H groups in total. The van der Waals surface area contributed by atoms with Gasteiger partial charge in [0, 0.05) is 45.8 Å². The normalized spacial score (nSPS) is 20.4. The summed E-state index contributed by atoms with van der Waals surface area (Å²) in [5, 5.41) is 11.7. The molecule has 2 fully saturated rings. The standard InChI is InChI=1S/C21H29N7O2/c1-16-6-5-9-27(14-16)21-23-19(22)18(28(29)30)20(24-21)26-12-10-25(11-13-26)15-17-7-3-2-4-8-17/h2-4,7-8,16H,5-6,9-15H2,1H3,(H2,22,23,24)/t16-/m0/s1. The Morgan fingerprint density at radius 3 is 2.50 bits per heavy atom. The summed E-state index contributed by atoms with van der Waals surface area (Å²) in [6.07, 6.45) is 2.24. The van der Waals surface area contributed by atoms with E-state index < -0.39 is 4.92 Å². The molecule has 0 aliphatic carbocycles. The van der Waals surface area contributed by atoms with Crippen molar-refractivity contribution in [3.63, 3.8) is 0 Å². The lowest BCUT2D eigenvalue weighted by molar-refractivity contribution is -0.383. The van der Waals surface area contributed by atoms with Crippen molar-refractivity contribution in [2.75, 3.05) is 54.8 Å². The highest BCUT2D eigenvalue weighted by Crippen LogP contribution is 2.34. The number of rotatable bonds is 5. The zero-order chi connectivity index (χ0) is 21.1. The number of piperazine rings is 1. The van der Waals surface area contributed by atoms with Gasteiger partial charge in [-0.1, -0.05) is 37.3 Å². The van der Waals surface area contributed by atoms with Crippen molar-refractivity contribution in [2.45, 2.75) is 26.3 Å². The largest absolute Gasteiger partial charge is 0.378 e. The van der Waals surface area contributed by atoms with Gasteiger partial charge in [-0.15, -0.1) is 0 Å². The second kappa shape index (κ2) is 8.83. The lowest BCUT2D eigenvalue weighted by Crippen LogP contribution is -2.46. The SMILES string of the molecule is C[C@H]1CCCN(c2nc(N)c([N+](=O)[O-])c(N3CCN(Cc4ccccc4)CC3)n2)C1. The van der Waals surface area contributed by atoms with Crippen LogP contribution in [0.4, 0.5) is 23.3 Å². The zero-order valence-electron chi connectivity index (χ0n) is 17.4. The number of benzene rings is 1. The van der Waals surface area contributed by atoms with Gasteiger partial charge in [0.2, 0.25) is 17.6 Å². The smallest absolute Gasteiger partial charge is 0.353 e. The quantitative estimate of drug-likeness (QED) is 0.591. The molecule has 0 radical (unpaired) electrons. The molecule has 30 heavy (non-hydrogen) atoms. The minimum absolute atomic E-state index is 0.0510. The molecular formula is C21H29N7O2. The molecule has 9 nitrogen and oxygen atoms in total. The fourth-order valence-electron chi connectivity index (χ4n) is 4.32. The number of hydrogen-bond donors (Lipinski definition) is 1. The van der Waals surface area contributed by atoms with Gasteiger partial charge in [-0.2, -0.15) is 9.97 Å². The van der Waals surface area contributed by atoms with Crippen LogP contribution in [-0.4, -0.2) is 59.1 Å². The maximum atomic E-state index is 11.7. The molecule has 160 valence electrons. The average molecular weight is 412 g/mol. The van der Waals surface area contributed by atoms with Crippen molar-refractivity contribution < 1.29 is 4.92 Å². The zero-order valence-corrected chi connectivity index (χ0v) is 17.4. The molecule has 0 amide bonds. The first-order valence-electron chi connectivity index (χ1n) is 10.6. The summed E-state index contributed by atoms with van der Waals surface area (Å²) in [5.41, 5.74) is 7.13. The van der Waals surface area contributed by atoms with Crippen LogP contribution >= 0.6 is 0 Å². The van der Waals surface area contributed by atoms with Crippen LogP contribution in [0.1, 0.15) is 25.3 Å². The summed E-state index contributed by atoms with van der Waals surface area (Å²) < 4.78 is 0. The van der Waals surface area contributed by atoms with Crippen LogP contribution in [0, 0.1) is 16.0 Å². The molecule has 4 rings (SSSR count). The Hall–Kier alpha value is -2.94. The van der Waals surface area contributed by atoms with Crippen molar-refractivity contribution in [1.29, 1.82) is 0 Å². The molecule has 2 aromatic rings. The molecule has 2 aliphatic heterocycles. The van der Waals surface area contributed by atoms with Gasteiger partial charge in [-0.3, -0.25) is 15.0 Å². The molecule has 2 saturated heterocycles. The third kappa shape index (κ3) is 4.46. The number of nitrogen functional groups attached to an aromatic ring is 1. The Kier molecular flexibility index (Phi) is 5.98. The lowest BCUT2D eigenvalue weighted by Gasteiger charge is -2.36. The van der Waals surface area contributed by atoms with E-state index in [9.17, 15) is 10.1 Å². The molecule has 1 aromatic heterocycles. The molecule has 0 bridgehead atoms. The molecule has 0 saturated carbocycles. The maximum absolute atomic E-state index is 11.7. The van der Waals surface area contributed by atoms with Gasteiger partial charge in [0.25, 0.3) is 0 Å². The maximum Gasteiger partial charge on any atom is 0.353 e. The predicted octanol–water partition coefficient (Wildman–Crippen LogP) is 2.53. The third-order valence-electron chi connectivity index (χ3n) is 5.92. The Morgan fingerprint density at radius 2 is 1.83 bits per heavy atom. The Labute approximate surface area is 176 Å². The summed E-state index contributed by atoms with van der Waals surface area (Å²) >= 11 is 0. The molecule has 0 unspecified atom stereocenters. The van der Waals surface area contributed by atoms with Crippen molar-refractivity contribution in [1.82, 2.24) is 14.9 Å². The van der Waals surface area contributed by atoms with E-state index in [0.29, 0.717) is 30.8 Å². The number of aromatic nitrogens is 2. The van der Waals surface area contributed by atoms with E-state index >= 15 is 0 Å². The van der Waals surface area contributed by atoms with Crippen LogP contribution in [0.25, 0.3) is 0 Å². The number of nitrogens with two attached hydrogens (primary N) is 1. The highest BCUT2D eigenvalue weighted by molar-refractivity contribution is 5.71. The molecule has 3 heterocycles. The van der Waals surface area contributed by atoms with E-state index in [1.165, 1.54) is 12.0 Å². The van der Waals surface area contributed by atoms with E-state index in [2.05, 4.69) is 38.8 Å². The average Bonchev–Trinajstić information content (AvgIpc) is 2.74. The summed E-state index contributed by atoms with van der Waals surface area (Å²) in [5.74, 6) is 1.35. The van der Waals surface area contributed by atoms with Gasteiger partial charge < -0.3 is 15.5 Å². The van der Waals surface area contributed by atoms with E-state index in [4.69, 9.17) is 5.73 Å². The van der Waals surface area contributed by atoms with Crippen LogP contribution in [0.2, 0.25) is 0 Å². The van der Waals surface area contributed by atoms with Gasteiger partial charge in [-0.25, -0.2) is 0 Å². The summed E-state index contributed by atoms with van der Waals surface area (Å²) in [4.78, 5) is 26.6. The summed E-state index contributed by atoms with van der Waals surface area (Å²) in [6.45, 7) is 7.73. The van der Waals surface area contributed by atoms with Gasteiger partial charge in [0.1, 0.15) is 0 Å². The van der Waals surface area contributed by atoms with Crippen molar-refractivity contribution in [2.24, 2.45) is 5.92 Å². The fraction of sp³-hybridized carbons (Fsp3) is 0.524. The summed E-state index contributed by atoms with van der Waals surface area (Å²) in [6, 6.07) is 10.3. The second-order valence-electron chi connectivity index (χ2n) is 8.28. The first kappa shape index (κ1) is 20.3. The highest BCUT2D eigenvalue weighted by atomic mass is 16.6. The van der Waals surface area contributed by atoms with Gasteiger partial charge in [-0.05, 0) is 24.3 Å². The molecule has 1 atom stereocenters. The molecular weight excluding hydrogens is 382 g/mol. The van der Waals surface area contributed by atoms with Crippen LogP contribution in [0.15, 0.2) is 30.3 Å². The van der Waals surface area contributed by atoms with Crippen LogP contribution < -0.4 is 15.5 Å². The topological polar surface area (TPSA) is 105 Å². The number of piperidine rings is 1. The van der Waals surface area contributed by atoms with Crippen molar-refractivity contribution in [3.8, 4) is 0 Å². The Balaban J connectivity index is 1.53. The summed E-state index contributed by atoms with van der Waals surface area (Å²) in [7, 11) is 0.